The summed E-state index contributed by atoms with van der Waals surface area (Å²) in [5.41, 5.74) is 1.98. The highest BCUT2D eigenvalue weighted by atomic mass is 32.1. The van der Waals surface area contributed by atoms with Crippen molar-refractivity contribution >= 4 is 28.7 Å². The van der Waals surface area contributed by atoms with Crippen LogP contribution in [0.1, 0.15) is 12.8 Å². The maximum absolute atomic E-state index is 13.2. The van der Waals surface area contributed by atoms with E-state index in [0.29, 0.717) is 6.04 Å². The summed E-state index contributed by atoms with van der Waals surface area (Å²) < 4.78 is 13.2. The molecular formula is C24H32FN5OS. The predicted octanol–water partition coefficient (Wildman–Crippen LogP) is 3.54. The first-order valence-corrected chi connectivity index (χ1v) is 12.6. The van der Waals surface area contributed by atoms with Gasteiger partial charge in [0.05, 0.1) is 5.69 Å². The number of amides is 2. The van der Waals surface area contributed by atoms with E-state index in [1.165, 1.54) is 12.8 Å². The van der Waals surface area contributed by atoms with Gasteiger partial charge in [0, 0.05) is 62.9 Å². The third-order valence-electron chi connectivity index (χ3n) is 7.35. The van der Waals surface area contributed by atoms with E-state index in [0.717, 1.165) is 75.6 Å². The Kier molecular flexibility index (Phi) is 6.62. The number of benzene rings is 1. The van der Waals surface area contributed by atoms with E-state index < -0.39 is 0 Å². The molecule has 1 aromatic heterocycles. The number of anilines is 2. The molecule has 4 fully saturated rings. The zero-order chi connectivity index (χ0) is 21.9. The molecule has 1 unspecified atom stereocenters. The molecule has 4 atom stereocenters. The first-order valence-electron chi connectivity index (χ1n) is 11.7. The van der Waals surface area contributed by atoms with Gasteiger partial charge in [-0.25, -0.2) is 9.18 Å². The van der Waals surface area contributed by atoms with Gasteiger partial charge in [-0.1, -0.05) is 0 Å². The molecule has 2 bridgehead atoms. The summed E-state index contributed by atoms with van der Waals surface area (Å²) in [7, 11) is 0. The average Bonchev–Trinajstić information content (AvgIpc) is 3.32. The number of carbonyl (C=O) groups excluding carboxylic acids is 1. The minimum absolute atomic E-state index is 0.110. The summed E-state index contributed by atoms with van der Waals surface area (Å²) in [6.45, 7) is 8.30. The third-order valence-corrected chi connectivity index (χ3v) is 8.03. The predicted molar refractivity (Wildman–Crippen MR) is 128 cm³/mol. The molecular weight excluding hydrogens is 425 g/mol. The molecule has 0 saturated carbocycles. The standard InChI is InChI=1S/C24H32FN5OS/c25-20-1-3-22(4-2-20)29-10-8-28(9-11-29)15-19-16-30-7-5-18(19)13-23(30)14-26-24(31)27-21-6-12-32-17-21/h1-4,6,12,17-19,23H,5,7-11,13-16H2,(H2,26,27,31)/t18-,19-,23+/m0/s1. The maximum atomic E-state index is 13.2. The Morgan fingerprint density at radius 2 is 1.91 bits per heavy atom. The van der Waals surface area contributed by atoms with Crippen LogP contribution in [0.4, 0.5) is 20.6 Å². The lowest BCUT2D eigenvalue weighted by Gasteiger charge is -2.51. The van der Waals surface area contributed by atoms with Gasteiger partial charge in [0.2, 0.25) is 0 Å². The number of urea groups is 1. The zero-order valence-corrected chi connectivity index (χ0v) is 19.2. The number of nitrogens with zero attached hydrogens (tertiary/aromatic N) is 3. The summed E-state index contributed by atoms with van der Waals surface area (Å²) in [6.07, 6.45) is 2.46. The van der Waals surface area contributed by atoms with Crippen LogP contribution in [-0.4, -0.2) is 74.2 Å². The molecule has 2 aromatic rings. The number of piperazine rings is 1. The monoisotopic (exact) mass is 457 g/mol. The number of piperidine rings is 3. The second-order valence-electron chi connectivity index (χ2n) is 9.30. The van der Waals surface area contributed by atoms with Gasteiger partial charge in [0.1, 0.15) is 5.82 Å². The lowest BCUT2D eigenvalue weighted by atomic mass is 9.75. The lowest BCUT2D eigenvalue weighted by Crippen LogP contribution is -2.59. The van der Waals surface area contributed by atoms with Gasteiger partial charge in [-0.3, -0.25) is 9.80 Å². The van der Waals surface area contributed by atoms with Crippen LogP contribution in [0.15, 0.2) is 41.1 Å². The quantitative estimate of drug-likeness (QED) is 0.697. The smallest absolute Gasteiger partial charge is 0.319 e. The number of thiophene rings is 1. The number of carbonyl (C=O) groups is 1. The molecule has 4 saturated heterocycles. The molecule has 6 nitrogen and oxygen atoms in total. The van der Waals surface area contributed by atoms with Gasteiger partial charge in [-0.2, -0.15) is 11.3 Å². The van der Waals surface area contributed by atoms with Crippen molar-refractivity contribution < 1.29 is 9.18 Å². The van der Waals surface area contributed by atoms with Gasteiger partial charge in [0.25, 0.3) is 0 Å². The SMILES string of the molecule is O=C(NC[C@H]1C[C@@H]2CCN1C[C@@H]2CN1CCN(c2ccc(F)cc2)CC1)Nc1ccsc1. The molecule has 6 rings (SSSR count). The van der Waals surface area contributed by atoms with Crippen molar-refractivity contribution in [3.63, 3.8) is 0 Å². The molecule has 0 spiro atoms. The largest absolute Gasteiger partial charge is 0.369 e. The summed E-state index contributed by atoms with van der Waals surface area (Å²) >= 11 is 1.58. The van der Waals surface area contributed by atoms with Crippen molar-refractivity contribution in [1.82, 2.24) is 15.1 Å². The molecule has 4 aliphatic rings. The van der Waals surface area contributed by atoms with Crippen LogP contribution in [0.25, 0.3) is 0 Å². The average molecular weight is 458 g/mol. The second-order valence-corrected chi connectivity index (χ2v) is 10.1. The van der Waals surface area contributed by atoms with E-state index in [-0.39, 0.29) is 11.8 Å². The Balaban J connectivity index is 1.06. The number of halogens is 1. The first-order chi connectivity index (χ1) is 15.6. The van der Waals surface area contributed by atoms with Crippen LogP contribution in [0.5, 0.6) is 0 Å². The van der Waals surface area contributed by atoms with E-state index >= 15 is 0 Å². The highest BCUT2D eigenvalue weighted by molar-refractivity contribution is 7.08. The highest BCUT2D eigenvalue weighted by Gasteiger charge is 2.40. The highest BCUT2D eigenvalue weighted by Crippen LogP contribution is 2.36. The van der Waals surface area contributed by atoms with Crippen molar-refractivity contribution in [2.24, 2.45) is 11.8 Å². The third kappa shape index (κ3) is 5.08. The minimum Gasteiger partial charge on any atom is -0.369 e. The van der Waals surface area contributed by atoms with Crippen molar-refractivity contribution in [3.8, 4) is 0 Å². The molecule has 0 radical (unpaired) electrons. The lowest BCUT2D eigenvalue weighted by molar-refractivity contribution is -0.0114. The van der Waals surface area contributed by atoms with E-state index in [9.17, 15) is 9.18 Å². The molecule has 5 heterocycles. The van der Waals surface area contributed by atoms with E-state index in [1.807, 2.05) is 29.0 Å². The number of hydrogen-bond donors (Lipinski definition) is 2. The van der Waals surface area contributed by atoms with Crippen LogP contribution in [0, 0.1) is 17.7 Å². The van der Waals surface area contributed by atoms with Crippen LogP contribution in [-0.2, 0) is 0 Å². The minimum atomic E-state index is -0.175. The Hall–Kier alpha value is -2.16. The maximum Gasteiger partial charge on any atom is 0.319 e. The molecule has 32 heavy (non-hydrogen) atoms. The fourth-order valence-electron chi connectivity index (χ4n) is 5.56. The number of nitrogens with one attached hydrogen (secondary N) is 2. The van der Waals surface area contributed by atoms with E-state index in [2.05, 4.69) is 25.3 Å². The van der Waals surface area contributed by atoms with Gasteiger partial charge in [0.15, 0.2) is 0 Å². The molecule has 172 valence electrons. The van der Waals surface area contributed by atoms with Crippen LogP contribution in [0.3, 0.4) is 0 Å². The normalized spacial score (nSPS) is 28.0. The Morgan fingerprint density at radius 3 is 2.59 bits per heavy atom. The molecule has 2 N–H and O–H groups in total. The Morgan fingerprint density at radius 1 is 1.09 bits per heavy atom. The Bertz CT molecular complexity index is 884. The van der Waals surface area contributed by atoms with Gasteiger partial charge >= 0.3 is 6.03 Å². The molecule has 0 aliphatic carbocycles. The summed E-state index contributed by atoms with van der Waals surface area (Å²) in [4.78, 5) is 19.7. The van der Waals surface area contributed by atoms with Crippen LogP contribution >= 0.6 is 11.3 Å². The number of hydrogen-bond acceptors (Lipinski definition) is 5. The van der Waals surface area contributed by atoms with Crippen molar-refractivity contribution in [3.05, 3.63) is 46.9 Å². The molecule has 4 aliphatic heterocycles. The van der Waals surface area contributed by atoms with Gasteiger partial charge in [-0.15, -0.1) is 0 Å². The second kappa shape index (κ2) is 9.77. The van der Waals surface area contributed by atoms with Crippen molar-refractivity contribution in [2.75, 3.05) is 62.6 Å². The molecule has 8 heteroatoms. The molecule has 1 aromatic carbocycles. The Labute approximate surface area is 193 Å². The fraction of sp³-hybridized carbons (Fsp3) is 0.542. The topological polar surface area (TPSA) is 50.9 Å². The van der Waals surface area contributed by atoms with E-state index in [4.69, 9.17) is 0 Å². The molecule has 2 amide bonds. The van der Waals surface area contributed by atoms with Crippen molar-refractivity contribution in [1.29, 1.82) is 0 Å². The van der Waals surface area contributed by atoms with Crippen LogP contribution < -0.4 is 15.5 Å². The van der Waals surface area contributed by atoms with Crippen molar-refractivity contribution in [2.45, 2.75) is 18.9 Å². The summed E-state index contributed by atoms with van der Waals surface area (Å²) in [5.74, 6) is 1.30. The zero-order valence-electron chi connectivity index (χ0n) is 18.4. The fourth-order valence-corrected chi connectivity index (χ4v) is 6.15. The van der Waals surface area contributed by atoms with E-state index in [1.54, 1.807) is 23.5 Å². The summed E-state index contributed by atoms with van der Waals surface area (Å²) in [6, 6.07) is 9.12. The summed E-state index contributed by atoms with van der Waals surface area (Å²) in [5, 5.41) is 9.87. The number of rotatable bonds is 6. The first kappa shape index (κ1) is 21.7. The number of fused-ring (bicyclic) bond motifs is 3. The van der Waals surface area contributed by atoms with Gasteiger partial charge < -0.3 is 15.5 Å². The van der Waals surface area contributed by atoms with Gasteiger partial charge in [-0.05, 0) is 66.9 Å². The van der Waals surface area contributed by atoms with Crippen LogP contribution in [0.2, 0.25) is 0 Å².